The predicted molar refractivity (Wildman–Crippen MR) is 79.5 cm³/mol. The summed E-state index contributed by atoms with van der Waals surface area (Å²) in [4.78, 5) is 23.3. The van der Waals surface area contributed by atoms with Crippen LogP contribution in [0.25, 0.3) is 0 Å². The maximum atomic E-state index is 11.7. The highest BCUT2D eigenvalue weighted by Gasteiger charge is 2.21. The van der Waals surface area contributed by atoms with Crippen LogP contribution in [0.4, 0.5) is 4.79 Å². The zero-order valence-corrected chi connectivity index (χ0v) is 11.9. The summed E-state index contributed by atoms with van der Waals surface area (Å²) in [5.74, 6) is 0.0892. The highest BCUT2D eigenvalue weighted by atomic mass is 16.6. The Labute approximate surface area is 124 Å². The van der Waals surface area contributed by atoms with E-state index in [1.165, 1.54) is 6.42 Å². The minimum Gasteiger partial charge on any atom is -0.410 e. The molecule has 1 aromatic rings. The summed E-state index contributed by atoms with van der Waals surface area (Å²) in [6.45, 7) is 0. The van der Waals surface area contributed by atoms with Gasteiger partial charge in [0.1, 0.15) is 5.75 Å². The minimum absolute atomic E-state index is 0.0332. The van der Waals surface area contributed by atoms with Gasteiger partial charge in [-0.25, -0.2) is 4.79 Å². The summed E-state index contributed by atoms with van der Waals surface area (Å²) < 4.78 is 4.97. The van der Waals surface area contributed by atoms with E-state index in [1.54, 1.807) is 30.3 Å². The van der Waals surface area contributed by atoms with Gasteiger partial charge in [0, 0.05) is 5.71 Å². The van der Waals surface area contributed by atoms with Crippen LogP contribution in [0.15, 0.2) is 30.3 Å². The lowest BCUT2D eigenvalue weighted by Crippen LogP contribution is -2.35. The van der Waals surface area contributed by atoms with Gasteiger partial charge >= 0.3 is 6.09 Å². The van der Waals surface area contributed by atoms with Crippen molar-refractivity contribution in [3.63, 3.8) is 0 Å². The minimum atomic E-state index is -0.803. The van der Waals surface area contributed by atoms with Crippen LogP contribution in [0.3, 0.4) is 0 Å². The molecular weight excluding hydrogens is 268 g/mol. The highest BCUT2D eigenvalue weighted by Crippen LogP contribution is 2.25. The molecule has 1 aliphatic rings. The van der Waals surface area contributed by atoms with Gasteiger partial charge in [0.2, 0.25) is 5.91 Å². The van der Waals surface area contributed by atoms with Crippen LogP contribution in [0.5, 0.6) is 5.75 Å². The Kier molecular flexibility index (Phi) is 5.49. The van der Waals surface area contributed by atoms with Crippen LogP contribution in [0, 0.1) is 11.3 Å². The summed E-state index contributed by atoms with van der Waals surface area (Å²) >= 11 is 0. The zero-order chi connectivity index (χ0) is 15.1. The zero-order valence-electron chi connectivity index (χ0n) is 11.9. The molecule has 2 rings (SSSR count). The second-order valence-electron chi connectivity index (χ2n) is 5.29. The molecule has 0 bridgehead atoms. The van der Waals surface area contributed by atoms with Gasteiger partial charge in [-0.3, -0.25) is 10.1 Å². The number of ether oxygens (including phenoxy) is 1. The Balaban J connectivity index is 1.75. The Hall–Kier alpha value is -2.17. The molecule has 1 fully saturated rings. The molecule has 1 aromatic carbocycles. The summed E-state index contributed by atoms with van der Waals surface area (Å²) in [5.41, 5.74) is 0.416. The number of hydrogen-bond donors (Lipinski definition) is 2. The maximum absolute atomic E-state index is 11.7. The third kappa shape index (κ3) is 5.02. The lowest BCUT2D eigenvalue weighted by Gasteiger charge is -2.21. The first-order valence-electron chi connectivity index (χ1n) is 7.29. The number of carbonyl (C=O) groups is 2. The van der Waals surface area contributed by atoms with E-state index in [9.17, 15) is 9.59 Å². The Morgan fingerprint density at radius 2 is 1.81 bits per heavy atom. The Morgan fingerprint density at radius 3 is 2.48 bits per heavy atom. The smallest absolute Gasteiger partial charge is 0.410 e. The van der Waals surface area contributed by atoms with E-state index in [4.69, 9.17) is 10.1 Å². The molecule has 0 radical (unpaired) electrons. The van der Waals surface area contributed by atoms with E-state index in [-0.39, 0.29) is 12.3 Å². The van der Waals surface area contributed by atoms with Crippen molar-refractivity contribution in [2.75, 3.05) is 0 Å². The molecule has 2 amide bonds. The monoisotopic (exact) mass is 288 g/mol. The molecule has 0 heterocycles. The number of nitrogens with one attached hydrogen (secondary N) is 2. The molecule has 21 heavy (non-hydrogen) atoms. The Bertz CT molecular complexity index is 508. The topological polar surface area (TPSA) is 79.3 Å². The van der Waals surface area contributed by atoms with Crippen LogP contribution < -0.4 is 10.1 Å². The van der Waals surface area contributed by atoms with Crippen LogP contribution in [-0.4, -0.2) is 17.7 Å². The third-order valence-electron chi connectivity index (χ3n) is 3.64. The van der Waals surface area contributed by atoms with Crippen molar-refractivity contribution in [1.29, 1.82) is 5.41 Å². The van der Waals surface area contributed by atoms with Crippen LogP contribution >= 0.6 is 0 Å². The molecule has 0 aliphatic heterocycles. The SMILES string of the molecule is N=C(CC(=O)NC(=O)Oc1ccccc1)C1CCCCC1. The number of amides is 2. The standard InChI is InChI=1S/C16H20N2O3/c17-14(12-7-3-1-4-8-12)11-15(19)18-16(20)21-13-9-5-2-6-10-13/h2,5-6,9-10,12,17H,1,3-4,7-8,11H2,(H,18,19,20). The van der Waals surface area contributed by atoms with Crippen molar-refractivity contribution in [3.8, 4) is 5.75 Å². The number of imide groups is 1. The maximum Gasteiger partial charge on any atom is 0.419 e. The molecule has 112 valence electrons. The van der Waals surface area contributed by atoms with Crippen molar-refractivity contribution in [2.45, 2.75) is 38.5 Å². The average molecular weight is 288 g/mol. The lowest BCUT2D eigenvalue weighted by atomic mass is 9.85. The van der Waals surface area contributed by atoms with Gasteiger partial charge < -0.3 is 10.1 Å². The lowest BCUT2D eigenvalue weighted by molar-refractivity contribution is -0.119. The van der Waals surface area contributed by atoms with E-state index in [0.717, 1.165) is 25.7 Å². The molecule has 0 atom stereocenters. The van der Waals surface area contributed by atoms with E-state index in [1.807, 2.05) is 0 Å². The quantitative estimate of drug-likeness (QED) is 0.834. The molecule has 0 spiro atoms. The van der Waals surface area contributed by atoms with Gasteiger partial charge in [-0.1, -0.05) is 37.5 Å². The molecule has 0 saturated heterocycles. The van der Waals surface area contributed by atoms with Crippen LogP contribution in [0.1, 0.15) is 38.5 Å². The van der Waals surface area contributed by atoms with Gasteiger partial charge in [0.15, 0.2) is 0 Å². The van der Waals surface area contributed by atoms with Gasteiger partial charge in [-0.15, -0.1) is 0 Å². The Morgan fingerprint density at radius 1 is 1.14 bits per heavy atom. The number of para-hydroxylation sites is 1. The summed E-state index contributed by atoms with van der Waals surface area (Å²) in [7, 11) is 0. The first-order chi connectivity index (χ1) is 10.1. The molecule has 5 nitrogen and oxygen atoms in total. The van der Waals surface area contributed by atoms with Gasteiger partial charge in [0.05, 0.1) is 6.42 Å². The molecule has 1 saturated carbocycles. The van der Waals surface area contributed by atoms with Crippen LogP contribution in [0.2, 0.25) is 0 Å². The number of rotatable bonds is 4. The molecule has 1 aliphatic carbocycles. The fourth-order valence-corrected chi connectivity index (χ4v) is 2.55. The van der Waals surface area contributed by atoms with Crippen LogP contribution in [-0.2, 0) is 4.79 Å². The van der Waals surface area contributed by atoms with Gasteiger partial charge in [-0.05, 0) is 30.9 Å². The van der Waals surface area contributed by atoms with Gasteiger partial charge in [-0.2, -0.15) is 0 Å². The molecule has 0 aromatic heterocycles. The number of benzene rings is 1. The van der Waals surface area contributed by atoms with Gasteiger partial charge in [0.25, 0.3) is 0 Å². The predicted octanol–water partition coefficient (Wildman–Crippen LogP) is 3.29. The van der Waals surface area contributed by atoms with Crippen molar-refractivity contribution >= 4 is 17.7 Å². The number of hydrogen-bond acceptors (Lipinski definition) is 4. The second kappa shape index (κ2) is 7.57. The summed E-state index contributed by atoms with van der Waals surface area (Å²) in [6, 6.07) is 8.55. The molecular formula is C16H20N2O3. The van der Waals surface area contributed by atoms with Crippen molar-refractivity contribution in [2.24, 2.45) is 5.92 Å². The summed E-state index contributed by atoms with van der Waals surface area (Å²) in [5, 5.41) is 10.1. The summed E-state index contributed by atoms with van der Waals surface area (Å²) in [6.07, 6.45) is 4.55. The highest BCUT2D eigenvalue weighted by molar-refractivity contribution is 6.05. The molecule has 0 unspecified atom stereocenters. The average Bonchev–Trinajstić information content (AvgIpc) is 2.48. The fourth-order valence-electron chi connectivity index (χ4n) is 2.55. The fraction of sp³-hybridized carbons (Fsp3) is 0.438. The second-order valence-corrected chi connectivity index (χ2v) is 5.29. The first-order valence-corrected chi connectivity index (χ1v) is 7.29. The first kappa shape index (κ1) is 15.2. The molecule has 2 N–H and O–H groups in total. The normalized spacial score (nSPS) is 15.2. The van der Waals surface area contributed by atoms with E-state index in [2.05, 4.69) is 5.32 Å². The molecule has 5 heteroatoms. The van der Waals surface area contributed by atoms with Crippen molar-refractivity contribution in [3.05, 3.63) is 30.3 Å². The van der Waals surface area contributed by atoms with E-state index in [0.29, 0.717) is 11.5 Å². The number of carbonyl (C=O) groups excluding carboxylic acids is 2. The largest absolute Gasteiger partial charge is 0.419 e. The van der Waals surface area contributed by atoms with Crippen molar-refractivity contribution in [1.82, 2.24) is 5.32 Å². The van der Waals surface area contributed by atoms with E-state index < -0.39 is 12.0 Å². The van der Waals surface area contributed by atoms with E-state index >= 15 is 0 Å². The van der Waals surface area contributed by atoms with Crippen molar-refractivity contribution < 1.29 is 14.3 Å². The third-order valence-corrected chi connectivity index (χ3v) is 3.64.